The summed E-state index contributed by atoms with van der Waals surface area (Å²) in [6.45, 7) is 1.69. The van der Waals surface area contributed by atoms with Gasteiger partial charge < -0.3 is 44.0 Å². The van der Waals surface area contributed by atoms with Crippen molar-refractivity contribution < 1.29 is 46.5 Å². The molecule has 4 N–H and O–H groups in total. The molecule has 55 heavy (non-hydrogen) atoms. The first-order chi connectivity index (χ1) is 26.6. The van der Waals surface area contributed by atoms with Gasteiger partial charge >= 0.3 is 6.03 Å². The molecule has 3 aromatic heterocycles. The highest BCUT2D eigenvalue weighted by Gasteiger charge is 2.15. The summed E-state index contributed by atoms with van der Waals surface area (Å²) in [5.41, 5.74) is 6.82. The lowest BCUT2D eigenvalue weighted by atomic mass is 10.2. The number of urea groups is 1. The summed E-state index contributed by atoms with van der Waals surface area (Å²) < 4.78 is 65.9. The molecule has 0 aliphatic heterocycles. The zero-order valence-corrected chi connectivity index (χ0v) is 30.1. The lowest BCUT2D eigenvalue weighted by Gasteiger charge is -2.13. The van der Waals surface area contributed by atoms with E-state index < -0.39 is 17.7 Å². The quantitative estimate of drug-likeness (QED) is 0.113. The van der Waals surface area contributed by atoms with E-state index in [1.165, 1.54) is 50.6 Å². The highest BCUT2D eigenvalue weighted by molar-refractivity contribution is 5.99. The van der Waals surface area contributed by atoms with Crippen LogP contribution in [0.2, 0.25) is 0 Å². The predicted octanol–water partition coefficient (Wildman–Crippen LogP) is 8.89. The average Bonchev–Trinajstić information content (AvgIpc) is 3.60. The van der Waals surface area contributed by atoms with Crippen molar-refractivity contribution in [3.63, 3.8) is 0 Å². The average molecular weight is 753 g/mol. The number of fused-ring (bicyclic) bond motifs is 2. The first kappa shape index (κ1) is 37.4. The number of nitrogens with zero attached hydrogens (tertiary/aromatic N) is 3. The van der Waals surface area contributed by atoms with Gasteiger partial charge in [-0.3, -0.25) is 15.3 Å². The highest BCUT2D eigenvalue weighted by atomic mass is 19.1. The van der Waals surface area contributed by atoms with Crippen molar-refractivity contribution in [2.45, 2.75) is 6.92 Å². The molecule has 0 bridgehead atoms. The smallest absolute Gasteiger partial charge is 0.325 e. The third-order valence-corrected chi connectivity index (χ3v) is 7.90. The number of halogens is 2. The number of aromatic nitrogens is 3. The monoisotopic (exact) mass is 752 g/mol. The number of anilines is 3. The SMILES string of the molecule is COc1cc2nccc(Oc3ccc(N)c(F)c3)c2cc1OC.COc1cc2nccc(Oc3ccc(NC(=O)Nc4cc(C)on4)c(F)c3)c2cc1OC. The Morgan fingerprint density at radius 2 is 1.15 bits per heavy atom. The van der Waals surface area contributed by atoms with Crippen LogP contribution < -0.4 is 44.8 Å². The van der Waals surface area contributed by atoms with Crippen molar-refractivity contribution >= 4 is 45.0 Å². The standard InChI is InChI=1S/C22H19FN4O5.C17H15FN2O3/c1-12-8-21(27-32-12)26-22(28)25-16-5-4-13(9-15(16)23)31-18-6-7-24-17-11-20(30-3)19(29-2)10-14(17)18;1-21-16-8-11-14(9-17(16)22-2)20-6-5-15(11)23-10-3-4-13(19)12(18)7-10/h4-11H,1-3H3,(H2,25,26,27,28);3-9H,19H2,1-2H3. The molecular weight excluding hydrogens is 718 g/mol. The number of hydrogen-bond donors (Lipinski definition) is 3. The van der Waals surface area contributed by atoms with Gasteiger partial charge in [0.2, 0.25) is 0 Å². The van der Waals surface area contributed by atoms with Crippen LogP contribution in [0.25, 0.3) is 21.8 Å². The van der Waals surface area contributed by atoms with Crippen LogP contribution in [0.1, 0.15) is 5.76 Å². The van der Waals surface area contributed by atoms with E-state index in [-0.39, 0.29) is 22.9 Å². The maximum absolute atomic E-state index is 14.6. The Morgan fingerprint density at radius 3 is 1.62 bits per heavy atom. The van der Waals surface area contributed by atoms with Crippen LogP contribution in [0.4, 0.5) is 30.8 Å². The number of aryl methyl sites for hydroxylation is 1. The van der Waals surface area contributed by atoms with E-state index in [0.717, 1.165) is 5.39 Å². The molecule has 0 spiro atoms. The second-order valence-electron chi connectivity index (χ2n) is 11.5. The molecule has 282 valence electrons. The normalized spacial score (nSPS) is 10.6. The van der Waals surface area contributed by atoms with Gasteiger partial charge in [0.05, 0.1) is 50.8 Å². The fourth-order valence-electron chi connectivity index (χ4n) is 5.25. The number of benzene rings is 4. The third kappa shape index (κ3) is 8.65. The molecule has 2 amide bonds. The summed E-state index contributed by atoms with van der Waals surface area (Å²) in [6.07, 6.45) is 3.18. The molecule has 4 aromatic carbocycles. The zero-order valence-electron chi connectivity index (χ0n) is 30.1. The topological polar surface area (TPSA) is 174 Å². The molecule has 7 aromatic rings. The second kappa shape index (κ2) is 16.5. The van der Waals surface area contributed by atoms with Crippen molar-refractivity contribution in [1.82, 2.24) is 15.1 Å². The van der Waals surface area contributed by atoms with Gasteiger partial charge in [-0.15, -0.1) is 0 Å². The van der Waals surface area contributed by atoms with Gasteiger partial charge in [-0.2, -0.15) is 0 Å². The van der Waals surface area contributed by atoms with Gasteiger partial charge in [-0.25, -0.2) is 13.6 Å². The van der Waals surface area contributed by atoms with Crippen LogP contribution >= 0.6 is 0 Å². The van der Waals surface area contributed by atoms with Crippen LogP contribution in [-0.2, 0) is 0 Å². The number of nitrogens with one attached hydrogen (secondary N) is 2. The van der Waals surface area contributed by atoms with Gasteiger partial charge in [-0.05, 0) is 55.5 Å². The number of ether oxygens (including phenoxy) is 6. The molecule has 0 aliphatic carbocycles. The first-order valence-corrected chi connectivity index (χ1v) is 16.3. The van der Waals surface area contributed by atoms with Gasteiger partial charge in [0.1, 0.15) is 40.4 Å². The fraction of sp³-hybridized carbons (Fsp3) is 0.128. The number of rotatable bonds is 10. The third-order valence-electron chi connectivity index (χ3n) is 7.90. The first-order valence-electron chi connectivity index (χ1n) is 16.3. The fourth-order valence-corrected chi connectivity index (χ4v) is 5.25. The van der Waals surface area contributed by atoms with Crippen molar-refractivity contribution in [2.24, 2.45) is 0 Å². The van der Waals surface area contributed by atoms with Crippen LogP contribution in [0.3, 0.4) is 0 Å². The molecule has 0 saturated heterocycles. The number of pyridine rings is 2. The summed E-state index contributed by atoms with van der Waals surface area (Å²) in [5, 5.41) is 9.90. The van der Waals surface area contributed by atoms with E-state index in [2.05, 4.69) is 25.8 Å². The molecule has 0 radical (unpaired) electrons. The summed E-state index contributed by atoms with van der Waals surface area (Å²) in [7, 11) is 6.17. The number of carbonyl (C=O) groups excluding carboxylic acids is 1. The van der Waals surface area contributed by atoms with Gasteiger partial charge in [0, 0.05) is 53.5 Å². The van der Waals surface area contributed by atoms with E-state index in [4.69, 9.17) is 38.7 Å². The molecule has 3 heterocycles. The summed E-state index contributed by atoms with van der Waals surface area (Å²) in [4.78, 5) is 20.6. The number of amides is 2. The van der Waals surface area contributed by atoms with Crippen LogP contribution in [0, 0.1) is 18.6 Å². The van der Waals surface area contributed by atoms with E-state index in [0.29, 0.717) is 62.4 Å². The van der Waals surface area contributed by atoms with E-state index in [1.54, 1.807) is 76.0 Å². The Morgan fingerprint density at radius 1 is 0.636 bits per heavy atom. The molecule has 7 rings (SSSR count). The molecular formula is C39H34F2N6O8. The minimum atomic E-state index is -0.674. The molecule has 0 unspecified atom stereocenters. The predicted molar refractivity (Wildman–Crippen MR) is 201 cm³/mol. The number of nitrogens with two attached hydrogens (primary N) is 1. The van der Waals surface area contributed by atoms with E-state index in [1.807, 2.05) is 0 Å². The van der Waals surface area contributed by atoms with Gasteiger partial charge in [0.25, 0.3) is 0 Å². The minimum absolute atomic E-state index is 0.0268. The molecule has 16 heteroatoms. The van der Waals surface area contributed by atoms with E-state index in [9.17, 15) is 13.6 Å². The molecule has 0 atom stereocenters. The molecule has 0 saturated carbocycles. The lowest BCUT2D eigenvalue weighted by Crippen LogP contribution is -2.20. The van der Waals surface area contributed by atoms with Crippen molar-refractivity contribution in [3.05, 3.63) is 109 Å². The lowest BCUT2D eigenvalue weighted by molar-refractivity contribution is 0.261. The maximum atomic E-state index is 14.6. The minimum Gasteiger partial charge on any atom is -0.493 e. The zero-order chi connectivity index (χ0) is 39.1. The van der Waals surface area contributed by atoms with Crippen LogP contribution in [0.15, 0.2) is 95.8 Å². The van der Waals surface area contributed by atoms with Gasteiger partial charge in [0.15, 0.2) is 28.8 Å². The van der Waals surface area contributed by atoms with Crippen molar-refractivity contribution in [3.8, 4) is 46.0 Å². The van der Waals surface area contributed by atoms with Crippen LogP contribution in [-0.4, -0.2) is 49.6 Å². The number of nitrogen functional groups attached to an aromatic ring is 1. The molecule has 0 aliphatic rings. The van der Waals surface area contributed by atoms with Crippen molar-refractivity contribution in [1.29, 1.82) is 0 Å². The molecule has 0 fully saturated rings. The summed E-state index contributed by atoms with van der Waals surface area (Å²) >= 11 is 0. The largest absolute Gasteiger partial charge is 0.493 e. The number of hydrogen-bond acceptors (Lipinski definition) is 12. The van der Waals surface area contributed by atoms with E-state index >= 15 is 0 Å². The Bertz CT molecular complexity index is 2500. The summed E-state index contributed by atoms with van der Waals surface area (Å²) in [6, 6.07) is 19.6. The second-order valence-corrected chi connectivity index (χ2v) is 11.5. The van der Waals surface area contributed by atoms with Crippen LogP contribution in [0.5, 0.6) is 46.0 Å². The Kier molecular flexibility index (Phi) is 11.2. The Balaban J connectivity index is 0.000000197. The molecule has 14 nitrogen and oxygen atoms in total. The van der Waals surface area contributed by atoms with Gasteiger partial charge in [-0.1, -0.05) is 5.16 Å². The Labute approximate surface area is 312 Å². The Hall–Kier alpha value is -7.36. The summed E-state index contributed by atoms with van der Waals surface area (Å²) in [5.74, 6) is 3.29. The maximum Gasteiger partial charge on any atom is 0.325 e. The number of methoxy groups -OCH3 is 4. The highest BCUT2D eigenvalue weighted by Crippen LogP contribution is 2.39. The van der Waals surface area contributed by atoms with Crippen molar-refractivity contribution in [2.75, 3.05) is 44.8 Å². The number of carbonyl (C=O) groups is 1.